The zero-order valence-corrected chi connectivity index (χ0v) is 12.0. The van der Waals surface area contributed by atoms with Crippen LogP contribution in [0.5, 0.6) is 0 Å². The van der Waals surface area contributed by atoms with Crippen molar-refractivity contribution in [2.75, 3.05) is 16.8 Å². The van der Waals surface area contributed by atoms with Crippen molar-refractivity contribution in [1.82, 2.24) is 0 Å². The van der Waals surface area contributed by atoms with Gasteiger partial charge in [-0.05, 0) is 18.2 Å². The predicted octanol–water partition coefficient (Wildman–Crippen LogP) is 4.19. The van der Waals surface area contributed by atoms with E-state index in [9.17, 15) is 13.2 Å². The molecule has 0 aliphatic heterocycles. The Labute approximate surface area is 128 Å². The van der Waals surface area contributed by atoms with E-state index >= 15 is 0 Å². The normalized spacial score (nSPS) is 10.7. The monoisotopic (exact) mass is 335 g/mol. The van der Waals surface area contributed by atoms with E-state index in [0.717, 1.165) is 0 Å². The van der Waals surface area contributed by atoms with Crippen molar-refractivity contribution in [1.29, 1.82) is 0 Å². The smallest absolute Gasteiger partial charge is 0.166 e. The van der Waals surface area contributed by atoms with Crippen molar-refractivity contribution in [3.05, 3.63) is 51.3 Å². The molecule has 21 heavy (non-hydrogen) atoms. The van der Waals surface area contributed by atoms with Crippen molar-refractivity contribution in [3.8, 4) is 0 Å². The molecule has 0 bridgehead atoms. The highest BCUT2D eigenvalue weighted by Gasteiger charge is 2.22. The summed E-state index contributed by atoms with van der Waals surface area (Å²) < 4.78 is 40.9. The molecule has 8 heteroatoms. The number of anilines is 3. The molecule has 0 aliphatic carbocycles. The SMILES string of the molecule is Nc1ccc(NCc2c(F)c(Cl)c(F)c(Cl)c2F)cc1N. The summed E-state index contributed by atoms with van der Waals surface area (Å²) >= 11 is 10.8. The van der Waals surface area contributed by atoms with Gasteiger partial charge in [0.1, 0.15) is 10.0 Å². The lowest BCUT2D eigenvalue weighted by Gasteiger charge is -2.12. The van der Waals surface area contributed by atoms with Crippen LogP contribution in [0.2, 0.25) is 10.0 Å². The summed E-state index contributed by atoms with van der Waals surface area (Å²) in [7, 11) is 0. The van der Waals surface area contributed by atoms with Crippen LogP contribution in [0.4, 0.5) is 30.2 Å². The molecule has 0 atom stereocenters. The molecule has 3 nitrogen and oxygen atoms in total. The van der Waals surface area contributed by atoms with Gasteiger partial charge in [0.2, 0.25) is 0 Å². The van der Waals surface area contributed by atoms with Gasteiger partial charge in [0, 0.05) is 17.8 Å². The zero-order chi connectivity index (χ0) is 15.7. The summed E-state index contributed by atoms with van der Waals surface area (Å²) in [6.07, 6.45) is 0. The molecule has 0 fully saturated rings. The lowest BCUT2D eigenvalue weighted by Crippen LogP contribution is -2.08. The molecule has 2 aromatic rings. The molecule has 0 amide bonds. The van der Waals surface area contributed by atoms with Crippen LogP contribution in [0.1, 0.15) is 5.56 Å². The molecular weight excluding hydrogens is 326 g/mol. The van der Waals surface area contributed by atoms with E-state index < -0.39 is 33.1 Å². The second-order valence-electron chi connectivity index (χ2n) is 4.25. The highest BCUT2D eigenvalue weighted by molar-refractivity contribution is 6.35. The largest absolute Gasteiger partial charge is 0.397 e. The molecular formula is C13H10Cl2F3N3. The Hall–Kier alpha value is -1.79. The van der Waals surface area contributed by atoms with E-state index in [1.54, 1.807) is 6.07 Å². The molecule has 0 aromatic heterocycles. The predicted molar refractivity (Wildman–Crippen MR) is 78.9 cm³/mol. The molecule has 2 rings (SSSR count). The molecule has 0 saturated carbocycles. The Morgan fingerprint density at radius 2 is 1.48 bits per heavy atom. The maximum Gasteiger partial charge on any atom is 0.166 e. The summed E-state index contributed by atoms with van der Waals surface area (Å²) in [5.74, 6) is -3.73. The van der Waals surface area contributed by atoms with Gasteiger partial charge in [0.05, 0.1) is 11.4 Å². The van der Waals surface area contributed by atoms with Crippen molar-refractivity contribution < 1.29 is 13.2 Å². The highest BCUT2D eigenvalue weighted by atomic mass is 35.5. The van der Waals surface area contributed by atoms with Gasteiger partial charge in [0.15, 0.2) is 17.5 Å². The van der Waals surface area contributed by atoms with Crippen LogP contribution in [0, 0.1) is 17.5 Å². The Morgan fingerprint density at radius 1 is 0.905 bits per heavy atom. The summed E-state index contributed by atoms with van der Waals surface area (Å²) in [6, 6.07) is 4.61. The van der Waals surface area contributed by atoms with Crippen LogP contribution in [0.15, 0.2) is 18.2 Å². The molecule has 0 unspecified atom stereocenters. The highest BCUT2D eigenvalue weighted by Crippen LogP contribution is 2.32. The van der Waals surface area contributed by atoms with Crippen LogP contribution < -0.4 is 16.8 Å². The second-order valence-corrected chi connectivity index (χ2v) is 5.00. The van der Waals surface area contributed by atoms with Crippen LogP contribution in [0.3, 0.4) is 0 Å². The standard InChI is InChI=1S/C13H10Cl2F3N3/c14-9-11(16)6(12(17)10(15)13(9)18)4-21-5-1-2-7(19)8(20)3-5/h1-3,21H,4,19-20H2. The van der Waals surface area contributed by atoms with E-state index in [1.165, 1.54) is 12.1 Å². The minimum Gasteiger partial charge on any atom is -0.397 e. The van der Waals surface area contributed by atoms with Crippen LogP contribution in [-0.2, 0) is 6.54 Å². The Kier molecular flexibility index (Phi) is 4.39. The second kappa shape index (κ2) is 5.91. The van der Waals surface area contributed by atoms with E-state index in [1.807, 2.05) is 0 Å². The molecule has 2 aromatic carbocycles. The number of hydrogen-bond donors (Lipinski definition) is 3. The first-order chi connectivity index (χ1) is 9.82. The third kappa shape index (κ3) is 2.96. The summed E-state index contributed by atoms with van der Waals surface area (Å²) in [6.45, 7) is -0.291. The average Bonchev–Trinajstić information content (AvgIpc) is 2.46. The number of nitrogens with two attached hydrogens (primary N) is 2. The Bertz CT molecular complexity index is 679. The number of halogens is 5. The van der Waals surface area contributed by atoms with Crippen molar-refractivity contribution in [2.45, 2.75) is 6.54 Å². The van der Waals surface area contributed by atoms with Crippen LogP contribution in [-0.4, -0.2) is 0 Å². The van der Waals surface area contributed by atoms with Crippen molar-refractivity contribution >= 4 is 40.3 Å². The fourth-order valence-electron chi connectivity index (χ4n) is 1.68. The quantitative estimate of drug-likeness (QED) is 0.447. The van der Waals surface area contributed by atoms with Gasteiger partial charge in [-0.15, -0.1) is 0 Å². The number of hydrogen-bond acceptors (Lipinski definition) is 3. The fraction of sp³-hybridized carbons (Fsp3) is 0.0769. The van der Waals surface area contributed by atoms with Crippen molar-refractivity contribution in [3.63, 3.8) is 0 Å². The molecule has 0 radical (unpaired) electrons. The van der Waals surface area contributed by atoms with Gasteiger partial charge >= 0.3 is 0 Å². The van der Waals surface area contributed by atoms with Gasteiger partial charge in [0.25, 0.3) is 0 Å². The maximum absolute atomic E-state index is 13.8. The van der Waals surface area contributed by atoms with E-state index in [2.05, 4.69) is 5.32 Å². The van der Waals surface area contributed by atoms with E-state index in [0.29, 0.717) is 17.1 Å². The molecule has 112 valence electrons. The number of benzene rings is 2. The van der Waals surface area contributed by atoms with E-state index in [-0.39, 0.29) is 6.54 Å². The third-order valence-electron chi connectivity index (χ3n) is 2.86. The Balaban J connectivity index is 2.30. The van der Waals surface area contributed by atoms with Gasteiger partial charge in [-0.3, -0.25) is 0 Å². The van der Waals surface area contributed by atoms with Crippen LogP contribution >= 0.6 is 23.2 Å². The molecule has 0 aliphatic rings. The number of nitrogen functional groups attached to an aromatic ring is 2. The summed E-state index contributed by atoms with van der Waals surface area (Å²) in [4.78, 5) is 0. The van der Waals surface area contributed by atoms with Gasteiger partial charge in [-0.25, -0.2) is 13.2 Å². The topological polar surface area (TPSA) is 64.1 Å². The maximum atomic E-state index is 13.8. The first-order valence-electron chi connectivity index (χ1n) is 5.72. The lowest BCUT2D eigenvalue weighted by atomic mass is 10.1. The van der Waals surface area contributed by atoms with Crippen LogP contribution in [0.25, 0.3) is 0 Å². The molecule has 5 N–H and O–H groups in total. The lowest BCUT2D eigenvalue weighted by molar-refractivity contribution is 0.528. The minimum atomic E-state index is -1.33. The average molecular weight is 336 g/mol. The number of nitrogens with one attached hydrogen (secondary N) is 1. The molecule has 0 saturated heterocycles. The third-order valence-corrected chi connectivity index (χ3v) is 3.52. The van der Waals surface area contributed by atoms with Crippen molar-refractivity contribution in [2.24, 2.45) is 0 Å². The Morgan fingerprint density at radius 3 is 2.00 bits per heavy atom. The summed E-state index contributed by atoms with van der Waals surface area (Å²) in [5, 5.41) is 1.03. The minimum absolute atomic E-state index is 0.291. The molecule has 0 heterocycles. The zero-order valence-electron chi connectivity index (χ0n) is 10.5. The molecule has 0 spiro atoms. The van der Waals surface area contributed by atoms with Gasteiger partial charge in [-0.1, -0.05) is 23.2 Å². The first kappa shape index (κ1) is 15.6. The first-order valence-corrected chi connectivity index (χ1v) is 6.47. The van der Waals surface area contributed by atoms with Gasteiger partial charge < -0.3 is 16.8 Å². The number of rotatable bonds is 3. The van der Waals surface area contributed by atoms with E-state index in [4.69, 9.17) is 34.7 Å². The summed E-state index contributed by atoms with van der Waals surface area (Å²) in [5.41, 5.74) is 11.9. The fourth-order valence-corrected chi connectivity index (χ4v) is 2.15. The van der Waals surface area contributed by atoms with Gasteiger partial charge in [-0.2, -0.15) is 0 Å².